The first-order chi connectivity index (χ1) is 10.1. The molecule has 1 aromatic rings. The number of aliphatic carboxylic acids is 1. The minimum atomic E-state index is -0.968. The third-order valence-electron chi connectivity index (χ3n) is 4.17. The Balaban J connectivity index is 1.93. The summed E-state index contributed by atoms with van der Waals surface area (Å²) in [5.74, 6) is -0.158. The molecule has 3 N–H and O–H groups in total. The van der Waals surface area contributed by atoms with Crippen molar-refractivity contribution >= 4 is 5.97 Å². The average Bonchev–Trinajstić information content (AvgIpc) is 2.92. The second-order valence-corrected chi connectivity index (χ2v) is 5.92. The minimum Gasteiger partial charge on any atom is -0.479 e. The minimum absolute atomic E-state index is 0.248. The van der Waals surface area contributed by atoms with Gasteiger partial charge in [0.1, 0.15) is 0 Å². The molecule has 1 aliphatic rings. The maximum Gasteiger partial charge on any atom is 0.333 e. The van der Waals surface area contributed by atoms with Gasteiger partial charge in [-0.1, -0.05) is 6.92 Å². The zero-order valence-electron chi connectivity index (χ0n) is 12.6. The fourth-order valence-corrected chi connectivity index (χ4v) is 2.84. The van der Waals surface area contributed by atoms with E-state index in [1.807, 2.05) is 12.5 Å². The van der Waals surface area contributed by atoms with E-state index in [1.54, 1.807) is 0 Å². The van der Waals surface area contributed by atoms with Gasteiger partial charge in [0.05, 0.1) is 18.6 Å². The lowest BCUT2D eigenvalue weighted by Gasteiger charge is -2.26. The van der Waals surface area contributed by atoms with E-state index in [0.29, 0.717) is 12.6 Å². The standard InChI is InChI=1S/C15H25N3O3/c1-11-2-4-13(5-3-11)18-9-12(17-10-18)8-14(15(19)20)21-7-6-16/h9-11,13-14H,2-8,16H2,1H3,(H,19,20)/t11-,13-,14?. The Labute approximate surface area is 125 Å². The van der Waals surface area contributed by atoms with Crippen LogP contribution in [0.25, 0.3) is 0 Å². The molecule has 0 amide bonds. The van der Waals surface area contributed by atoms with Gasteiger partial charge >= 0.3 is 5.97 Å². The van der Waals surface area contributed by atoms with Crippen LogP contribution < -0.4 is 5.73 Å². The molecule has 21 heavy (non-hydrogen) atoms. The molecule has 118 valence electrons. The first kappa shape index (κ1) is 16.0. The van der Waals surface area contributed by atoms with Crippen molar-refractivity contribution in [3.05, 3.63) is 18.2 Å². The number of nitrogens with zero attached hydrogens (tertiary/aromatic N) is 2. The number of hydrogen-bond donors (Lipinski definition) is 2. The van der Waals surface area contributed by atoms with E-state index >= 15 is 0 Å². The maximum absolute atomic E-state index is 11.2. The molecule has 1 heterocycles. The van der Waals surface area contributed by atoms with Crippen molar-refractivity contribution in [2.75, 3.05) is 13.2 Å². The van der Waals surface area contributed by atoms with E-state index in [4.69, 9.17) is 15.6 Å². The van der Waals surface area contributed by atoms with E-state index in [2.05, 4.69) is 16.5 Å². The Bertz CT molecular complexity index is 453. The molecule has 0 spiro atoms. The smallest absolute Gasteiger partial charge is 0.333 e. The van der Waals surface area contributed by atoms with Gasteiger partial charge in [-0.2, -0.15) is 0 Å². The van der Waals surface area contributed by atoms with Crippen molar-refractivity contribution in [3.8, 4) is 0 Å². The van der Waals surface area contributed by atoms with Crippen LogP contribution in [0.1, 0.15) is 44.3 Å². The van der Waals surface area contributed by atoms with Crippen molar-refractivity contribution in [3.63, 3.8) is 0 Å². The van der Waals surface area contributed by atoms with Gasteiger partial charge in [-0.3, -0.25) is 0 Å². The fourth-order valence-electron chi connectivity index (χ4n) is 2.84. The van der Waals surface area contributed by atoms with E-state index in [9.17, 15) is 4.79 Å². The summed E-state index contributed by atoms with van der Waals surface area (Å²) in [6.07, 6.45) is 8.02. The van der Waals surface area contributed by atoms with Crippen molar-refractivity contribution in [2.45, 2.75) is 51.2 Å². The van der Waals surface area contributed by atoms with Crippen LogP contribution in [0.15, 0.2) is 12.5 Å². The number of carboxylic acids is 1. The summed E-state index contributed by atoms with van der Waals surface area (Å²) in [6, 6.07) is 0.496. The third-order valence-corrected chi connectivity index (χ3v) is 4.17. The van der Waals surface area contributed by atoms with Gasteiger partial charge < -0.3 is 20.1 Å². The van der Waals surface area contributed by atoms with E-state index in [1.165, 1.54) is 25.7 Å². The predicted molar refractivity (Wildman–Crippen MR) is 79.0 cm³/mol. The van der Waals surface area contributed by atoms with E-state index in [0.717, 1.165) is 11.6 Å². The molecule has 0 aromatic carbocycles. The number of hydrogen-bond acceptors (Lipinski definition) is 4. The second-order valence-electron chi connectivity index (χ2n) is 5.92. The van der Waals surface area contributed by atoms with Crippen LogP contribution in [-0.2, 0) is 16.0 Å². The van der Waals surface area contributed by atoms with Crippen molar-refractivity contribution in [2.24, 2.45) is 11.7 Å². The van der Waals surface area contributed by atoms with Crippen molar-refractivity contribution in [1.29, 1.82) is 0 Å². The number of nitrogens with two attached hydrogens (primary N) is 1. The highest BCUT2D eigenvalue weighted by Crippen LogP contribution is 2.31. The second kappa shape index (κ2) is 7.56. The third kappa shape index (κ3) is 4.54. The highest BCUT2D eigenvalue weighted by atomic mass is 16.5. The molecular weight excluding hydrogens is 270 g/mol. The first-order valence-electron chi connectivity index (χ1n) is 7.67. The van der Waals surface area contributed by atoms with Gasteiger partial charge in [0.25, 0.3) is 0 Å². The average molecular weight is 295 g/mol. The Kier molecular flexibility index (Phi) is 5.76. The first-order valence-corrected chi connectivity index (χ1v) is 7.67. The summed E-state index contributed by atoms with van der Waals surface area (Å²) in [7, 11) is 0. The van der Waals surface area contributed by atoms with Crippen LogP contribution >= 0.6 is 0 Å². The molecule has 1 aliphatic carbocycles. The molecule has 1 atom stereocenters. The maximum atomic E-state index is 11.2. The zero-order valence-corrected chi connectivity index (χ0v) is 12.6. The molecule has 1 saturated carbocycles. The van der Waals surface area contributed by atoms with Gasteiger partial charge in [0.2, 0.25) is 0 Å². The molecule has 6 nitrogen and oxygen atoms in total. The van der Waals surface area contributed by atoms with Crippen LogP contribution in [0.4, 0.5) is 0 Å². The molecule has 1 fully saturated rings. The monoisotopic (exact) mass is 295 g/mol. The molecule has 0 bridgehead atoms. The molecule has 2 rings (SSSR count). The van der Waals surface area contributed by atoms with Gasteiger partial charge in [0, 0.05) is 25.2 Å². The normalized spacial score (nSPS) is 23.9. The largest absolute Gasteiger partial charge is 0.479 e. The zero-order chi connectivity index (χ0) is 15.2. The van der Waals surface area contributed by atoms with Crippen LogP contribution in [0.5, 0.6) is 0 Å². The Morgan fingerprint density at radius 1 is 1.52 bits per heavy atom. The molecule has 6 heteroatoms. The quantitative estimate of drug-likeness (QED) is 0.797. The SMILES string of the molecule is C[C@H]1CC[C@H](n2cnc(CC(OCCN)C(=O)O)c2)CC1. The van der Waals surface area contributed by atoms with Gasteiger partial charge in [-0.25, -0.2) is 9.78 Å². The molecule has 0 aliphatic heterocycles. The van der Waals surface area contributed by atoms with Crippen molar-refractivity contribution in [1.82, 2.24) is 9.55 Å². The highest BCUT2D eigenvalue weighted by molar-refractivity contribution is 5.72. The number of carbonyl (C=O) groups is 1. The summed E-state index contributed by atoms with van der Waals surface area (Å²) >= 11 is 0. The molecule has 1 unspecified atom stereocenters. The Morgan fingerprint density at radius 3 is 2.86 bits per heavy atom. The number of imidazole rings is 1. The lowest BCUT2D eigenvalue weighted by Crippen LogP contribution is -2.28. The molecule has 0 saturated heterocycles. The van der Waals surface area contributed by atoms with Crippen LogP contribution in [0, 0.1) is 5.92 Å². The summed E-state index contributed by atoms with van der Waals surface area (Å²) in [5, 5.41) is 9.15. The Hall–Kier alpha value is -1.40. The molecular formula is C15H25N3O3. The van der Waals surface area contributed by atoms with Crippen LogP contribution in [-0.4, -0.2) is 39.9 Å². The van der Waals surface area contributed by atoms with Gasteiger partial charge in [-0.05, 0) is 31.6 Å². The molecule has 1 aromatic heterocycles. The number of rotatable bonds is 7. The summed E-state index contributed by atoms with van der Waals surface area (Å²) in [5.41, 5.74) is 6.11. The number of carboxylic acid groups (broad SMARTS) is 1. The Morgan fingerprint density at radius 2 is 2.24 bits per heavy atom. The lowest BCUT2D eigenvalue weighted by molar-refractivity contribution is -0.150. The van der Waals surface area contributed by atoms with Crippen LogP contribution in [0.2, 0.25) is 0 Å². The predicted octanol–water partition coefficient (Wildman–Crippen LogP) is 1.61. The van der Waals surface area contributed by atoms with Gasteiger partial charge in [0.15, 0.2) is 6.10 Å². The fraction of sp³-hybridized carbons (Fsp3) is 0.733. The van der Waals surface area contributed by atoms with E-state index < -0.39 is 12.1 Å². The molecule has 0 radical (unpaired) electrons. The summed E-state index contributed by atoms with van der Waals surface area (Å²) in [6.45, 7) is 2.86. The van der Waals surface area contributed by atoms with Gasteiger partial charge in [-0.15, -0.1) is 0 Å². The topological polar surface area (TPSA) is 90.4 Å². The van der Waals surface area contributed by atoms with Crippen molar-refractivity contribution < 1.29 is 14.6 Å². The highest BCUT2D eigenvalue weighted by Gasteiger charge is 2.22. The van der Waals surface area contributed by atoms with Crippen LogP contribution in [0.3, 0.4) is 0 Å². The number of ether oxygens (including phenoxy) is 1. The number of aromatic nitrogens is 2. The summed E-state index contributed by atoms with van der Waals surface area (Å²) < 4.78 is 7.38. The lowest BCUT2D eigenvalue weighted by atomic mass is 9.87. The van der Waals surface area contributed by atoms with E-state index in [-0.39, 0.29) is 13.0 Å². The summed E-state index contributed by atoms with van der Waals surface area (Å²) in [4.78, 5) is 15.5.